The van der Waals surface area contributed by atoms with Crippen molar-refractivity contribution >= 4 is 17.3 Å². The van der Waals surface area contributed by atoms with Gasteiger partial charge in [0.2, 0.25) is 0 Å². The van der Waals surface area contributed by atoms with Crippen LogP contribution in [0.2, 0.25) is 0 Å². The molecule has 2 rings (SSSR count). The predicted molar refractivity (Wildman–Crippen MR) is 70.0 cm³/mol. The molecule has 98 valence electrons. The SMILES string of the molecule is CNc1ncnc(N)c1C(=N)c1ccc(F)c(O)c1. The lowest BCUT2D eigenvalue weighted by Crippen LogP contribution is -2.12. The number of anilines is 2. The Morgan fingerprint density at radius 2 is 2.16 bits per heavy atom. The highest BCUT2D eigenvalue weighted by Gasteiger charge is 2.16. The average Bonchev–Trinajstić information content (AvgIpc) is 2.40. The third kappa shape index (κ3) is 2.30. The Balaban J connectivity index is 2.52. The minimum atomic E-state index is -0.748. The van der Waals surface area contributed by atoms with Gasteiger partial charge in [-0.25, -0.2) is 14.4 Å². The molecule has 1 heterocycles. The summed E-state index contributed by atoms with van der Waals surface area (Å²) >= 11 is 0. The summed E-state index contributed by atoms with van der Waals surface area (Å²) in [6, 6.07) is 3.62. The van der Waals surface area contributed by atoms with E-state index >= 15 is 0 Å². The van der Waals surface area contributed by atoms with Crippen molar-refractivity contribution in [2.24, 2.45) is 0 Å². The number of phenols is 1. The van der Waals surface area contributed by atoms with Crippen LogP contribution in [0.3, 0.4) is 0 Å². The second kappa shape index (κ2) is 4.89. The van der Waals surface area contributed by atoms with Crippen molar-refractivity contribution in [3.63, 3.8) is 0 Å². The van der Waals surface area contributed by atoms with Crippen LogP contribution in [0.15, 0.2) is 24.5 Å². The quantitative estimate of drug-likeness (QED) is 0.624. The molecule has 1 aromatic heterocycles. The Bertz CT molecular complexity index is 644. The number of hydrogen-bond donors (Lipinski definition) is 4. The fourth-order valence-electron chi connectivity index (χ4n) is 1.65. The van der Waals surface area contributed by atoms with Crippen LogP contribution in [0.25, 0.3) is 0 Å². The van der Waals surface area contributed by atoms with Gasteiger partial charge in [0.1, 0.15) is 18.0 Å². The number of nitrogens with two attached hydrogens (primary N) is 1. The molecule has 0 bridgehead atoms. The first kappa shape index (κ1) is 12.7. The Morgan fingerprint density at radius 3 is 2.79 bits per heavy atom. The predicted octanol–water partition coefficient (Wildman–Crippen LogP) is 1.36. The molecule has 0 aliphatic heterocycles. The van der Waals surface area contributed by atoms with E-state index in [0.717, 1.165) is 12.1 Å². The second-order valence-electron chi connectivity index (χ2n) is 3.77. The van der Waals surface area contributed by atoms with Gasteiger partial charge in [-0.05, 0) is 18.2 Å². The van der Waals surface area contributed by atoms with Gasteiger partial charge in [-0.1, -0.05) is 0 Å². The van der Waals surface area contributed by atoms with E-state index in [1.807, 2.05) is 0 Å². The van der Waals surface area contributed by atoms with Crippen LogP contribution in [0.1, 0.15) is 11.1 Å². The number of hydrogen-bond acceptors (Lipinski definition) is 6. The minimum absolute atomic E-state index is 0.00208. The van der Waals surface area contributed by atoms with E-state index in [1.165, 1.54) is 12.4 Å². The van der Waals surface area contributed by atoms with E-state index < -0.39 is 11.6 Å². The molecule has 0 saturated carbocycles. The zero-order valence-corrected chi connectivity index (χ0v) is 10.1. The third-order valence-corrected chi connectivity index (χ3v) is 2.60. The van der Waals surface area contributed by atoms with Crippen molar-refractivity contribution in [2.45, 2.75) is 0 Å². The summed E-state index contributed by atoms with van der Waals surface area (Å²) in [5.41, 5.74) is 6.35. The van der Waals surface area contributed by atoms with Crippen LogP contribution in [0, 0.1) is 11.2 Å². The van der Waals surface area contributed by atoms with Crippen molar-refractivity contribution in [2.75, 3.05) is 18.1 Å². The molecule has 0 amide bonds. The van der Waals surface area contributed by atoms with Crippen molar-refractivity contribution < 1.29 is 9.50 Å². The van der Waals surface area contributed by atoms with Gasteiger partial charge in [0.05, 0.1) is 11.3 Å². The number of halogens is 1. The van der Waals surface area contributed by atoms with Crippen LogP contribution in [0.5, 0.6) is 5.75 Å². The highest BCUT2D eigenvalue weighted by molar-refractivity contribution is 6.16. The zero-order valence-electron chi connectivity index (χ0n) is 10.1. The normalized spacial score (nSPS) is 10.2. The lowest BCUT2D eigenvalue weighted by molar-refractivity contribution is 0.432. The van der Waals surface area contributed by atoms with E-state index in [1.54, 1.807) is 7.05 Å². The summed E-state index contributed by atoms with van der Waals surface area (Å²) in [6.45, 7) is 0. The van der Waals surface area contributed by atoms with E-state index in [2.05, 4.69) is 15.3 Å². The summed E-state index contributed by atoms with van der Waals surface area (Å²) < 4.78 is 13.0. The number of rotatable bonds is 3. The van der Waals surface area contributed by atoms with E-state index in [4.69, 9.17) is 11.1 Å². The molecular weight excluding hydrogens is 249 g/mol. The lowest BCUT2D eigenvalue weighted by atomic mass is 10.0. The molecule has 6 nitrogen and oxygen atoms in total. The molecule has 0 fully saturated rings. The van der Waals surface area contributed by atoms with Crippen LogP contribution in [-0.4, -0.2) is 27.8 Å². The van der Waals surface area contributed by atoms with Crippen molar-refractivity contribution in [3.8, 4) is 5.75 Å². The van der Waals surface area contributed by atoms with E-state index in [9.17, 15) is 9.50 Å². The third-order valence-electron chi connectivity index (χ3n) is 2.60. The smallest absolute Gasteiger partial charge is 0.164 e. The number of phenolic OH excluding ortho intramolecular Hbond substituents is 1. The first-order valence-electron chi connectivity index (χ1n) is 5.40. The molecule has 0 aliphatic carbocycles. The fourth-order valence-corrected chi connectivity index (χ4v) is 1.65. The Hall–Kier alpha value is -2.70. The molecular formula is C12H12FN5O. The van der Waals surface area contributed by atoms with Crippen molar-refractivity contribution in [1.29, 1.82) is 5.41 Å². The van der Waals surface area contributed by atoms with Gasteiger partial charge >= 0.3 is 0 Å². The number of aromatic hydroxyl groups is 1. The lowest BCUT2D eigenvalue weighted by Gasteiger charge is -2.11. The van der Waals surface area contributed by atoms with Gasteiger partial charge in [0.15, 0.2) is 11.6 Å². The topological polar surface area (TPSA) is 108 Å². The average molecular weight is 261 g/mol. The van der Waals surface area contributed by atoms with Crippen LogP contribution in [-0.2, 0) is 0 Å². The molecule has 0 atom stereocenters. The first-order valence-corrected chi connectivity index (χ1v) is 5.40. The maximum Gasteiger partial charge on any atom is 0.164 e. The molecule has 0 saturated heterocycles. The summed E-state index contributed by atoms with van der Waals surface area (Å²) in [7, 11) is 1.64. The van der Waals surface area contributed by atoms with Crippen molar-refractivity contribution in [3.05, 3.63) is 41.5 Å². The van der Waals surface area contributed by atoms with Gasteiger partial charge < -0.3 is 16.2 Å². The van der Waals surface area contributed by atoms with Gasteiger partial charge in [-0.3, -0.25) is 5.41 Å². The maximum atomic E-state index is 13.0. The van der Waals surface area contributed by atoms with E-state index in [0.29, 0.717) is 16.9 Å². The molecule has 0 radical (unpaired) electrons. The zero-order chi connectivity index (χ0) is 14.0. The molecule has 19 heavy (non-hydrogen) atoms. The van der Waals surface area contributed by atoms with Gasteiger partial charge in [0, 0.05) is 12.6 Å². The Kier molecular flexibility index (Phi) is 3.28. The van der Waals surface area contributed by atoms with Gasteiger partial charge in [-0.2, -0.15) is 0 Å². The molecule has 5 N–H and O–H groups in total. The first-order chi connectivity index (χ1) is 9.04. The monoisotopic (exact) mass is 261 g/mol. The molecule has 0 unspecified atom stereocenters. The maximum absolute atomic E-state index is 13.0. The summed E-state index contributed by atoms with van der Waals surface area (Å²) in [5.74, 6) is -0.749. The Labute approximate surface area is 108 Å². The second-order valence-corrected chi connectivity index (χ2v) is 3.77. The number of nitrogens with zero attached hydrogens (tertiary/aromatic N) is 2. The molecule has 0 aliphatic rings. The highest BCUT2D eigenvalue weighted by atomic mass is 19.1. The minimum Gasteiger partial charge on any atom is -0.505 e. The highest BCUT2D eigenvalue weighted by Crippen LogP contribution is 2.24. The van der Waals surface area contributed by atoms with E-state index in [-0.39, 0.29) is 11.5 Å². The molecule has 0 spiro atoms. The van der Waals surface area contributed by atoms with Crippen molar-refractivity contribution in [1.82, 2.24) is 9.97 Å². The fraction of sp³-hybridized carbons (Fsp3) is 0.0833. The number of benzene rings is 1. The number of aromatic nitrogens is 2. The molecule has 2 aromatic rings. The Morgan fingerprint density at radius 1 is 1.42 bits per heavy atom. The summed E-state index contributed by atoms with van der Waals surface area (Å²) in [4.78, 5) is 7.79. The van der Waals surface area contributed by atoms with Crippen LogP contribution >= 0.6 is 0 Å². The van der Waals surface area contributed by atoms with Gasteiger partial charge in [0.25, 0.3) is 0 Å². The molecule has 7 heteroatoms. The van der Waals surface area contributed by atoms with Gasteiger partial charge in [-0.15, -0.1) is 0 Å². The number of nitrogen functional groups attached to an aromatic ring is 1. The van der Waals surface area contributed by atoms with Crippen LogP contribution in [0.4, 0.5) is 16.0 Å². The van der Waals surface area contributed by atoms with Crippen LogP contribution < -0.4 is 11.1 Å². The largest absolute Gasteiger partial charge is 0.505 e. The summed E-state index contributed by atoms with van der Waals surface area (Å²) in [6.07, 6.45) is 1.28. The standard InChI is InChI=1S/C12H12FN5O/c1-16-12-9(11(15)17-5-18-12)10(14)6-2-3-7(13)8(19)4-6/h2-5,14,19H,1H3,(H3,15,16,17,18). The number of nitrogens with one attached hydrogen (secondary N) is 2. The summed E-state index contributed by atoms with van der Waals surface area (Å²) in [5, 5.41) is 20.2. The molecule has 1 aromatic carbocycles.